The van der Waals surface area contributed by atoms with Crippen molar-refractivity contribution in [3.63, 3.8) is 0 Å². The van der Waals surface area contributed by atoms with Gasteiger partial charge in [-0.3, -0.25) is 9.78 Å². The summed E-state index contributed by atoms with van der Waals surface area (Å²) in [6.45, 7) is 8.22. The molecule has 3 N–H and O–H groups in total. The maximum absolute atomic E-state index is 14.1. The van der Waals surface area contributed by atoms with Crippen LogP contribution in [0.25, 0.3) is 16.9 Å². The number of fused-ring (bicyclic) bond motifs is 1. The Balaban J connectivity index is 1.99. The maximum Gasteiger partial charge on any atom is 0.256 e. The monoisotopic (exact) mass is 414 g/mol. The number of halogens is 1. The first-order chi connectivity index (χ1) is 14.1. The zero-order valence-electron chi connectivity index (χ0n) is 17.8. The number of aliphatic hydroxyl groups is 1. The van der Waals surface area contributed by atoms with Gasteiger partial charge in [-0.2, -0.15) is 9.61 Å². The molecule has 0 saturated heterocycles. The van der Waals surface area contributed by atoms with Gasteiger partial charge < -0.3 is 15.7 Å². The molecule has 8 nitrogen and oxygen atoms in total. The molecule has 1 unspecified atom stereocenters. The van der Waals surface area contributed by atoms with Crippen LogP contribution >= 0.6 is 0 Å². The van der Waals surface area contributed by atoms with Gasteiger partial charge in [-0.25, -0.2) is 9.37 Å². The van der Waals surface area contributed by atoms with Crippen LogP contribution in [0.4, 0.5) is 10.2 Å². The van der Waals surface area contributed by atoms with Crippen molar-refractivity contribution in [1.82, 2.24) is 24.9 Å². The van der Waals surface area contributed by atoms with Crippen molar-refractivity contribution in [1.29, 1.82) is 0 Å². The van der Waals surface area contributed by atoms with E-state index in [1.807, 2.05) is 32.9 Å². The van der Waals surface area contributed by atoms with E-state index in [1.165, 1.54) is 20.0 Å². The molecule has 3 aromatic rings. The Morgan fingerprint density at radius 3 is 2.63 bits per heavy atom. The topological polar surface area (TPSA) is 104 Å². The van der Waals surface area contributed by atoms with Gasteiger partial charge in [-0.15, -0.1) is 0 Å². The molecule has 0 saturated carbocycles. The summed E-state index contributed by atoms with van der Waals surface area (Å²) in [6, 6.07) is 3.80. The highest BCUT2D eigenvalue weighted by Gasteiger charge is 2.27. The number of carbonyl (C=O) groups excluding carboxylic acids is 1. The van der Waals surface area contributed by atoms with Gasteiger partial charge in [0, 0.05) is 36.3 Å². The van der Waals surface area contributed by atoms with Gasteiger partial charge in [-0.1, -0.05) is 0 Å². The van der Waals surface area contributed by atoms with E-state index in [0.29, 0.717) is 17.2 Å². The van der Waals surface area contributed by atoms with Gasteiger partial charge in [0.15, 0.2) is 5.65 Å². The fourth-order valence-corrected chi connectivity index (χ4v) is 2.88. The Morgan fingerprint density at radius 2 is 2.00 bits per heavy atom. The minimum absolute atomic E-state index is 0.0146. The molecule has 0 spiro atoms. The lowest BCUT2D eigenvalue weighted by Gasteiger charge is -2.22. The summed E-state index contributed by atoms with van der Waals surface area (Å²) in [5.41, 5.74) is 1.77. The van der Waals surface area contributed by atoms with E-state index in [4.69, 9.17) is 0 Å². The quantitative estimate of drug-likeness (QED) is 0.549. The predicted octanol–water partition coefficient (Wildman–Crippen LogP) is 2.76. The van der Waals surface area contributed by atoms with E-state index in [9.17, 15) is 14.3 Å². The molecule has 0 aliphatic rings. The molecule has 0 bridgehead atoms. The van der Waals surface area contributed by atoms with Crippen LogP contribution in [0.1, 0.15) is 43.6 Å². The van der Waals surface area contributed by atoms with E-state index in [0.717, 1.165) is 11.1 Å². The number of carbonyl (C=O) groups is 1. The van der Waals surface area contributed by atoms with Crippen molar-refractivity contribution in [2.45, 2.75) is 52.4 Å². The smallest absolute Gasteiger partial charge is 0.256 e. The molecule has 160 valence electrons. The maximum atomic E-state index is 14.1. The van der Waals surface area contributed by atoms with E-state index in [2.05, 4.69) is 25.7 Å². The summed E-state index contributed by atoms with van der Waals surface area (Å²) >= 11 is 0. The molecule has 1 amide bonds. The minimum Gasteiger partial charge on any atom is -0.387 e. The zero-order chi connectivity index (χ0) is 22.1. The summed E-state index contributed by atoms with van der Waals surface area (Å²) in [7, 11) is 0. The number of pyridine rings is 1. The third kappa shape index (κ3) is 4.73. The van der Waals surface area contributed by atoms with Crippen LogP contribution in [0.15, 0.2) is 30.7 Å². The van der Waals surface area contributed by atoms with Crippen molar-refractivity contribution in [3.05, 3.63) is 41.9 Å². The highest BCUT2D eigenvalue weighted by atomic mass is 19.1. The number of hydrogen-bond donors (Lipinski definition) is 3. The second-order valence-electron chi connectivity index (χ2n) is 8.20. The lowest BCUT2D eigenvalue weighted by molar-refractivity contribution is -0.00177. The standard InChI is InChI=1S/C21H27FN6O2/c1-12(2)26-19-15(20(29)25-11-17(22)21(4,5)30)10-24-18-7-16(27-28(18)19)14-6-13(3)8-23-9-14/h6-10,12,17,26,30H,11H2,1-5H3,(H,25,29). The number of rotatable bonds is 7. The first-order valence-electron chi connectivity index (χ1n) is 9.78. The van der Waals surface area contributed by atoms with Gasteiger partial charge in [0.05, 0.1) is 17.8 Å². The molecule has 30 heavy (non-hydrogen) atoms. The number of nitrogens with zero attached hydrogens (tertiary/aromatic N) is 4. The van der Waals surface area contributed by atoms with Crippen LogP contribution in [0, 0.1) is 6.92 Å². The number of alkyl halides is 1. The van der Waals surface area contributed by atoms with Crippen LogP contribution in [0.5, 0.6) is 0 Å². The Morgan fingerprint density at radius 1 is 1.27 bits per heavy atom. The largest absolute Gasteiger partial charge is 0.387 e. The second-order valence-corrected chi connectivity index (χ2v) is 8.20. The summed E-state index contributed by atoms with van der Waals surface area (Å²) < 4.78 is 15.6. The first kappa shape index (κ1) is 21.6. The van der Waals surface area contributed by atoms with E-state index < -0.39 is 17.7 Å². The molecule has 0 aliphatic heterocycles. The molecule has 9 heteroatoms. The van der Waals surface area contributed by atoms with Crippen molar-refractivity contribution >= 4 is 17.4 Å². The number of amides is 1. The van der Waals surface area contributed by atoms with E-state index in [-0.39, 0.29) is 18.2 Å². The fraction of sp³-hybridized carbons (Fsp3) is 0.429. The Bertz CT molecular complexity index is 1060. The van der Waals surface area contributed by atoms with Crippen molar-refractivity contribution in [3.8, 4) is 11.3 Å². The van der Waals surface area contributed by atoms with Crippen molar-refractivity contribution < 1.29 is 14.3 Å². The summed E-state index contributed by atoms with van der Waals surface area (Å²) in [5, 5.41) is 20.1. The van der Waals surface area contributed by atoms with Gasteiger partial charge in [0.1, 0.15) is 17.6 Å². The molecule has 3 heterocycles. The highest BCUT2D eigenvalue weighted by Crippen LogP contribution is 2.24. The summed E-state index contributed by atoms with van der Waals surface area (Å²) in [6.07, 6.45) is 3.31. The van der Waals surface area contributed by atoms with Crippen LogP contribution in [-0.4, -0.2) is 55.0 Å². The molecular formula is C21H27FN6O2. The van der Waals surface area contributed by atoms with Crippen molar-refractivity contribution in [2.75, 3.05) is 11.9 Å². The van der Waals surface area contributed by atoms with E-state index >= 15 is 0 Å². The zero-order valence-corrected chi connectivity index (χ0v) is 17.8. The summed E-state index contributed by atoms with van der Waals surface area (Å²) in [5.74, 6) is -0.0493. The Hall–Kier alpha value is -3.07. The van der Waals surface area contributed by atoms with Crippen molar-refractivity contribution in [2.24, 2.45) is 0 Å². The normalized spacial score (nSPS) is 12.9. The average Bonchev–Trinajstić information content (AvgIpc) is 3.10. The Kier molecular flexibility index (Phi) is 6.02. The van der Waals surface area contributed by atoms with Crippen LogP contribution in [0.2, 0.25) is 0 Å². The third-order valence-electron chi connectivity index (χ3n) is 4.53. The molecule has 0 aromatic carbocycles. The predicted molar refractivity (Wildman–Crippen MR) is 113 cm³/mol. The molecule has 3 aromatic heterocycles. The number of hydrogen-bond acceptors (Lipinski definition) is 6. The SMILES string of the molecule is Cc1cncc(-c2cc3ncc(C(=O)NCC(F)C(C)(C)O)c(NC(C)C)n3n2)c1. The van der Waals surface area contributed by atoms with Gasteiger partial charge in [0.2, 0.25) is 0 Å². The molecule has 0 fully saturated rings. The third-order valence-corrected chi connectivity index (χ3v) is 4.53. The molecule has 3 rings (SSSR count). The lowest BCUT2D eigenvalue weighted by Crippen LogP contribution is -2.42. The second kappa shape index (κ2) is 8.35. The molecule has 0 radical (unpaired) electrons. The number of aromatic nitrogens is 4. The Labute approximate surface area is 174 Å². The van der Waals surface area contributed by atoms with Gasteiger partial charge in [-0.05, 0) is 46.2 Å². The average molecular weight is 414 g/mol. The van der Waals surface area contributed by atoms with Gasteiger partial charge in [0.25, 0.3) is 5.91 Å². The van der Waals surface area contributed by atoms with Crippen LogP contribution in [0.3, 0.4) is 0 Å². The summed E-state index contributed by atoms with van der Waals surface area (Å²) in [4.78, 5) is 21.3. The van der Waals surface area contributed by atoms with Gasteiger partial charge >= 0.3 is 0 Å². The van der Waals surface area contributed by atoms with Crippen LogP contribution in [-0.2, 0) is 0 Å². The molecule has 1 atom stereocenters. The molecule has 0 aliphatic carbocycles. The number of nitrogens with one attached hydrogen (secondary N) is 2. The number of aryl methyl sites for hydroxylation is 1. The molecular weight excluding hydrogens is 387 g/mol. The first-order valence-corrected chi connectivity index (χ1v) is 9.78. The van der Waals surface area contributed by atoms with E-state index in [1.54, 1.807) is 16.9 Å². The van der Waals surface area contributed by atoms with Crippen LogP contribution < -0.4 is 10.6 Å². The highest BCUT2D eigenvalue weighted by molar-refractivity contribution is 5.99. The number of anilines is 1. The fourth-order valence-electron chi connectivity index (χ4n) is 2.88. The lowest BCUT2D eigenvalue weighted by atomic mass is 10.0. The minimum atomic E-state index is -1.61.